The maximum Gasteiger partial charge on any atom is 0.231 e. The van der Waals surface area contributed by atoms with Gasteiger partial charge in [-0.05, 0) is 81.3 Å². The molecule has 0 aliphatic carbocycles. The van der Waals surface area contributed by atoms with E-state index in [0.717, 1.165) is 96.3 Å². The van der Waals surface area contributed by atoms with Gasteiger partial charge in [0.25, 0.3) is 0 Å². The zero-order chi connectivity index (χ0) is 37.9. The number of nitrogens with zero attached hydrogens (tertiary/aromatic N) is 6. The number of methoxy groups -OCH3 is 2. The lowest BCUT2D eigenvalue weighted by atomic mass is 9.83. The number of unbranched alkanes of at least 4 members (excludes halogenated alkanes) is 1. The van der Waals surface area contributed by atoms with Crippen molar-refractivity contribution >= 4 is 11.6 Å². The minimum Gasteiger partial charge on any atom is -0.493 e. The molecule has 0 saturated carbocycles. The first-order chi connectivity index (χ1) is 27.0. The van der Waals surface area contributed by atoms with Crippen LogP contribution in [0.4, 0.5) is 0 Å². The number of aliphatic hydroxyl groups is 1. The largest absolute Gasteiger partial charge is 0.493 e. The summed E-state index contributed by atoms with van der Waals surface area (Å²) in [6.45, 7) is 4.88. The molecule has 2 N–H and O–H groups in total. The molecule has 1 unspecified atom stereocenters. The molecule has 0 amide bonds. The second-order valence-corrected chi connectivity index (χ2v) is 14.2. The van der Waals surface area contributed by atoms with E-state index in [1.807, 2.05) is 28.8 Å². The highest BCUT2D eigenvalue weighted by atomic mass is 35.5. The van der Waals surface area contributed by atoms with Crippen LogP contribution in [0.3, 0.4) is 0 Å². The summed E-state index contributed by atoms with van der Waals surface area (Å²) in [6.07, 6.45) is 4.96. The van der Waals surface area contributed by atoms with Crippen LogP contribution in [0, 0.1) is 0 Å². The number of rotatable bonds is 10. The van der Waals surface area contributed by atoms with Crippen LogP contribution < -0.4 is 18.9 Å². The normalized spacial score (nSPS) is 15.4. The van der Waals surface area contributed by atoms with Gasteiger partial charge < -0.3 is 28.6 Å². The van der Waals surface area contributed by atoms with Crippen molar-refractivity contribution in [3.8, 4) is 45.5 Å². The number of aliphatic hydroxyl groups excluding tert-OH is 1. The van der Waals surface area contributed by atoms with Crippen LogP contribution in [0.25, 0.3) is 22.5 Å². The van der Waals surface area contributed by atoms with Crippen LogP contribution in [-0.4, -0.2) is 67.7 Å². The molecular formula is C42H44ClN7O5. The van der Waals surface area contributed by atoms with Crippen molar-refractivity contribution in [2.24, 2.45) is 0 Å². The van der Waals surface area contributed by atoms with Crippen LogP contribution in [0.1, 0.15) is 65.1 Å². The van der Waals surface area contributed by atoms with E-state index in [4.69, 9.17) is 30.5 Å². The van der Waals surface area contributed by atoms with Crippen molar-refractivity contribution < 1.29 is 24.1 Å². The number of tetrazole rings is 1. The van der Waals surface area contributed by atoms with Gasteiger partial charge >= 0.3 is 0 Å². The maximum absolute atomic E-state index is 9.77. The number of aromatic amines is 1. The van der Waals surface area contributed by atoms with E-state index in [9.17, 15) is 5.11 Å². The second-order valence-electron chi connectivity index (χ2n) is 13.9. The van der Waals surface area contributed by atoms with Gasteiger partial charge in [-0.1, -0.05) is 79.5 Å². The minimum atomic E-state index is -0.130. The summed E-state index contributed by atoms with van der Waals surface area (Å²) >= 11 is 6.26. The van der Waals surface area contributed by atoms with Gasteiger partial charge in [-0.25, -0.2) is 10.1 Å². The zero-order valence-corrected chi connectivity index (χ0v) is 32.0. The van der Waals surface area contributed by atoms with Crippen LogP contribution in [0.15, 0.2) is 72.8 Å². The van der Waals surface area contributed by atoms with E-state index >= 15 is 0 Å². The van der Waals surface area contributed by atoms with Crippen molar-refractivity contribution in [2.75, 3.05) is 27.6 Å². The van der Waals surface area contributed by atoms with Gasteiger partial charge in [-0.3, -0.25) is 4.90 Å². The molecule has 0 fully saturated rings. The van der Waals surface area contributed by atoms with Gasteiger partial charge in [-0.15, -0.1) is 5.10 Å². The van der Waals surface area contributed by atoms with Crippen LogP contribution in [-0.2, 0) is 39.0 Å². The molecule has 6 aromatic rings. The fourth-order valence-corrected chi connectivity index (χ4v) is 8.19. The predicted octanol–water partition coefficient (Wildman–Crippen LogP) is 7.35. The summed E-state index contributed by atoms with van der Waals surface area (Å²) in [4.78, 5) is 7.00. The lowest BCUT2D eigenvalue weighted by Gasteiger charge is -2.42. The number of aromatic nitrogens is 6. The van der Waals surface area contributed by atoms with E-state index in [2.05, 4.69) is 86.0 Å². The standard InChI is InChI=1S/C22H23ClN6O.C20H21NO4/c1-2-3-8-20-24-21(23)19(14-30)29(20)13-15-9-11-16(12-10-15)17-6-4-5-7-18(17)22-25-27-28-26-22;1-22-17-4-3-12-7-16-14-9-19-18(24-11-25-19)8-13(14)5-6-21(16)10-15(12)20(17)23-2/h4-7,9-12,30H,2-3,8,13-14H2,1H3,(H,25,26,27,28);3-4,8-9,16H,5-7,10-11H2,1-2H3. The third kappa shape index (κ3) is 7.25. The maximum atomic E-state index is 9.77. The van der Waals surface area contributed by atoms with Gasteiger partial charge in [0.15, 0.2) is 34.0 Å². The molecule has 0 saturated heterocycles. The Balaban J connectivity index is 0.000000158. The van der Waals surface area contributed by atoms with Crippen LogP contribution >= 0.6 is 11.6 Å². The lowest BCUT2D eigenvalue weighted by molar-refractivity contribution is 0.157. The Kier molecular flexibility index (Phi) is 10.7. The average Bonchev–Trinajstić information content (AvgIpc) is 3.99. The highest BCUT2D eigenvalue weighted by Crippen LogP contribution is 2.46. The molecule has 0 radical (unpaired) electrons. The first-order valence-corrected chi connectivity index (χ1v) is 19.0. The summed E-state index contributed by atoms with van der Waals surface area (Å²) < 4.78 is 24.3. The van der Waals surface area contributed by atoms with Gasteiger partial charge in [0.1, 0.15) is 5.82 Å². The number of hydrogen-bond acceptors (Lipinski definition) is 10. The molecule has 3 aliphatic heterocycles. The number of ether oxygens (including phenoxy) is 4. The number of benzene rings is 4. The topological polar surface area (TPSA) is 133 Å². The van der Waals surface area contributed by atoms with Crippen LogP contribution in [0.2, 0.25) is 5.15 Å². The molecule has 12 nitrogen and oxygen atoms in total. The minimum absolute atomic E-state index is 0.130. The molecule has 13 heteroatoms. The number of H-pyrrole nitrogens is 1. The summed E-state index contributed by atoms with van der Waals surface area (Å²) in [6, 6.07) is 25.3. The molecule has 2 aromatic heterocycles. The smallest absolute Gasteiger partial charge is 0.231 e. The van der Waals surface area contributed by atoms with E-state index in [1.165, 1.54) is 22.3 Å². The number of aryl methyl sites for hydroxylation is 1. The Morgan fingerprint density at radius 1 is 0.964 bits per heavy atom. The van der Waals surface area contributed by atoms with E-state index in [1.54, 1.807) is 14.2 Å². The molecule has 4 aromatic carbocycles. The van der Waals surface area contributed by atoms with Gasteiger partial charge in [0.05, 0.1) is 26.5 Å². The summed E-state index contributed by atoms with van der Waals surface area (Å²) in [5, 5.41) is 24.4. The Labute approximate surface area is 325 Å². The summed E-state index contributed by atoms with van der Waals surface area (Å²) in [5.41, 5.74) is 10.2. The zero-order valence-electron chi connectivity index (χ0n) is 31.2. The molecule has 55 heavy (non-hydrogen) atoms. The summed E-state index contributed by atoms with van der Waals surface area (Å²) in [5.74, 6) is 4.98. The molecule has 284 valence electrons. The van der Waals surface area contributed by atoms with Crippen molar-refractivity contribution in [1.29, 1.82) is 0 Å². The SMILES string of the molecule is CCCCc1nc(Cl)c(CO)n1Cc1ccc(-c2ccccc2-c2nnn[nH]2)cc1.COc1ccc2c(c1OC)CN1CCc3cc4c(cc3C1C2)OCO4. The number of halogens is 1. The monoisotopic (exact) mass is 761 g/mol. The average molecular weight is 762 g/mol. The highest BCUT2D eigenvalue weighted by molar-refractivity contribution is 6.30. The molecule has 9 rings (SSSR count). The molecule has 1 atom stereocenters. The molecular weight excluding hydrogens is 718 g/mol. The van der Waals surface area contributed by atoms with Crippen molar-refractivity contribution in [1.82, 2.24) is 35.1 Å². The first-order valence-electron chi connectivity index (χ1n) is 18.7. The number of imidazole rings is 1. The molecule has 3 aliphatic rings. The third-order valence-electron chi connectivity index (χ3n) is 10.8. The van der Waals surface area contributed by atoms with Crippen LogP contribution in [0.5, 0.6) is 23.0 Å². The molecule has 5 heterocycles. The predicted molar refractivity (Wildman–Crippen MR) is 209 cm³/mol. The Morgan fingerprint density at radius 3 is 2.49 bits per heavy atom. The Morgan fingerprint density at radius 2 is 1.76 bits per heavy atom. The number of nitrogens with one attached hydrogen (secondary N) is 1. The number of fused-ring (bicyclic) bond motifs is 5. The van der Waals surface area contributed by atoms with E-state index < -0.39 is 0 Å². The first kappa shape index (κ1) is 36.5. The van der Waals surface area contributed by atoms with Crippen molar-refractivity contribution in [2.45, 2.75) is 64.8 Å². The van der Waals surface area contributed by atoms with E-state index in [-0.39, 0.29) is 6.61 Å². The summed E-state index contributed by atoms with van der Waals surface area (Å²) in [7, 11) is 3.41. The van der Waals surface area contributed by atoms with Gasteiger partial charge in [-0.2, -0.15) is 0 Å². The Bertz CT molecular complexity index is 2280. The Hall–Kier alpha value is -5.43. The lowest BCUT2D eigenvalue weighted by Crippen LogP contribution is -2.39. The van der Waals surface area contributed by atoms with Crippen molar-refractivity contribution in [3.05, 3.63) is 117 Å². The quantitative estimate of drug-likeness (QED) is 0.146. The highest BCUT2D eigenvalue weighted by Gasteiger charge is 2.35. The van der Waals surface area contributed by atoms with Gasteiger partial charge in [0.2, 0.25) is 6.79 Å². The van der Waals surface area contributed by atoms with E-state index in [0.29, 0.717) is 36.1 Å². The second kappa shape index (κ2) is 16.1. The number of hydrogen-bond donors (Lipinski definition) is 2. The van der Waals surface area contributed by atoms with Gasteiger partial charge in [0, 0.05) is 43.2 Å². The van der Waals surface area contributed by atoms with Crippen molar-refractivity contribution in [3.63, 3.8) is 0 Å². The third-order valence-corrected chi connectivity index (χ3v) is 11.1. The molecule has 0 bridgehead atoms. The fraction of sp³-hybridized carbons (Fsp3) is 0.333. The fourth-order valence-electron chi connectivity index (χ4n) is 7.93. The molecule has 0 spiro atoms.